The van der Waals surface area contributed by atoms with Crippen molar-refractivity contribution in [3.63, 3.8) is 0 Å². The van der Waals surface area contributed by atoms with Crippen LogP contribution in [0.1, 0.15) is 54.4 Å². The number of nitrogens with one attached hydrogen (secondary N) is 2. The number of nitrogens with zero attached hydrogens (tertiary/aromatic N) is 4. The SMILES string of the molecule is CN1CCC(C2CCN(C(=O)[C@@H](Cc3cc(Br)c(N)c(Br)c3)NC(=O)N3CCC(N4CNc5ccccc5C4=O)CC3)CC2)CC1. The smallest absolute Gasteiger partial charge is 0.318 e. The number of carbonyl (C=O) groups excluding carboxylic acids is 3. The van der Waals surface area contributed by atoms with E-state index in [-0.39, 0.29) is 23.9 Å². The molecule has 2 aromatic rings. The lowest BCUT2D eigenvalue weighted by molar-refractivity contribution is -0.135. The molecule has 248 valence electrons. The Balaban J connectivity index is 1.09. The van der Waals surface area contributed by atoms with Crippen LogP contribution >= 0.6 is 31.9 Å². The normalized spacial score (nSPS) is 21.1. The van der Waals surface area contributed by atoms with Gasteiger partial charge >= 0.3 is 6.03 Å². The maximum atomic E-state index is 14.1. The highest BCUT2D eigenvalue weighted by atomic mass is 79.9. The zero-order chi connectivity index (χ0) is 32.4. The number of nitrogens with two attached hydrogens (primary N) is 1. The van der Waals surface area contributed by atoms with Crippen LogP contribution in [-0.4, -0.2) is 103 Å². The van der Waals surface area contributed by atoms with Gasteiger partial charge in [-0.15, -0.1) is 0 Å². The molecule has 6 rings (SSSR count). The van der Waals surface area contributed by atoms with E-state index in [1.54, 1.807) is 4.90 Å². The molecule has 3 fully saturated rings. The number of rotatable bonds is 6. The zero-order valence-electron chi connectivity index (χ0n) is 26.5. The van der Waals surface area contributed by atoms with E-state index < -0.39 is 6.04 Å². The minimum atomic E-state index is -0.697. The van der Waals surface area contributed by atoms with Gasteiger partial charge in [0.2, 0.25) is 5.91 Å². The first-order valence-corrected chi connectivity index (χ1v) is 18.2. The molecule has 0 bridgehead atoms. The minimum absolute atomic E-state index is 0.0298. The molecule has 1 atom stereocenters. The number of para-hydroxylation sites is 1. The van der Waals surface area contributed by atoms with Crippen LogP contribution in [0, 0.1) is 11.8 Å². The van der Waals surface area contributed by atoms with Crippen molar-refractivity contribution in [2.45, 2.75) is 57.0 Å². The van der Waals surface area contributed by atoms with Crippen molar-refractivity contribution in [3.05, 3.63) is 56.5 Å². The van der Waals surface area contributed by atoms with Crippen LogP contribution < -0.4 is 16.4 Å². The van der Waals surface area contributed by atoms with Gasteiger partial charge in [-0.25, -0.2) is 4.79 Å². The largest absolute Gasteiger partial charge is 0.397 e. The molecule has 4 aliphatic heterocycles. The van der Waals surface area contributed by atoms with E-state index in [1.807, 2.05) is 46.2 Å². The van der Waals surface area contributed by atoms with Crippen LogP contribution in [0.25, 0.3) is 0 Å². The number of hydrogen-bond donors (Lipinski definition) is 3. The lowest BCUT2D eigenvalue weighted by Crippen LogP contribution is -2.57. The quantitative estimate of drug-likeness (QED) is 0.359. The van der Waals surface area contributed by atoms with Crippen molar-refractivity contribution in [1.82, 2.24) is 24.9 Å². The second-order valence-electron chi connectivity index (χ2n) is 13.4. The molecule has 0 saturated carbocycles. The highest BCUT2D eigenvalue weighted by Crippen LogP contribution is 2.33. The van der Waals surface area contributed by atoms with Crippen LogP contribution in [0.2, 0.25) is 0 Å². The van der Waals surface area contributed by atoms with Crippen molar-refractivity contribution in [3.8, 4) is 0 Å². The second-order valence-corrected chi connectivity index (χ2v) is 15.1. The maximum absolute atomic E-state index is 14.1. The van der Waals surface area contributed by atoms with Gasteiger partial charge in [0.1, 0.15) is 6.04 Å². The van der Waals surface area contributed by atoms with Crippen LogP contribution in [0.15, 0.2) is 45.3 Å². The molecular weight excluding hydrogens is 714 g/mol. The van der Waals surface area contributed by atoms with Gasteiger partial charge in [-0.1, -0.05) is 12.1 Å². The van der Waals surface area contributed by atoms with Crippen molar-refractivity contribution in [1.29, 1.82) is 0 Å². The number of anilines is 2. The minimum Gasteiger partial charge on any atom is -0.397 e. The summed E-state index contributed by atoms with van der Waals surface area (Å²) in [5.74, 6) is 1.40. The van der Waals surface area contributed by atoms with Crippen LogP contribution in [0.5, 0.6) is 0 Å². The number of urea groups is 1. The van der Waals surface area contributed by atoms with E-state index >= 15 is 0 Å². The number of piperidine rings is 3. The first-order valence-electron chi connectivity index (χ1n) is 16.6. The van der Waals surface area contributed by atoms with Crippen molar-refractivity contribution in [2.24, 2.45) is 11.8 Å². The van der Waals surface area contributed by atoms with Gasteiger partial charge in [0.25, 0.3) is 5.91 Å². The lowest BCUT2D eigenvalue weighted by atomic mass is 9.79. The summed E-state index contributed by atoms with van der Waals surface area (Å²) in [6.45, 7) is 5.26. The molecule has 0 spiro atoms. The van der Waals surface area contributed by atoms with E-state index in [2.05, 4.69) is 54.4 Å². The zero-order valence-corrected chi connectivity index (χ0v) is 29.7. The average Bonchev–Trinajstić information content (AvgIpc) is 3.07. The Bertz CT molecular complexity index is 1410. The third-order valence-electron chi connectivity index (χ3n) is 10.5. The summed E-state index contributed by atoms with van der Waals surface area (Å²) in [6, 6.07) is 10.5. The van der Waals surface area contributed by atoms with Crippen molar-refractivity contribution in [2.75, 3.05) is 64.0 Å². The number of halogens is 2. The molecule has 0 aromatic heterocycles. The molecule has 0 radical (unpaired) electrons. The Morgan fingerprint density at radius 2 is 1.50 bits per heavy atom. The number of carbonyl (C=O) groups is 3. The maximum Gasteiger partial charge on any atom is 0.318 e. The summed E-state index contributed by atoms with van der Waals surface area (Å²) >= 11 is 7.06. The lowest BCUT2D eigenvalue weighted by Gasteiger charge is -2.41. The predicted molar refractivity (Wildman–Crippen MR) is 187 cm³/mol. The molecule has 0 aliphatic carbocycles. The first kappa shape index (κ1) is 33.1. The standard InChI is InChI=1S/C34H45Br2N7O3/c1-40-12-6-23(7-13-40)24-8-14-41(15-9-24)33(45)30(20-22-18-27(35)31(37)28(36)19-22)39-34(46)42-16-10-25(11-17-42)43-21-38-29-5-3-2-4-26(29)32(43)44/h2-5,18-19,23-25,30,38H,6-17,20-21,37H2,1H3,(H,39,46)/t30-/m1/s1. The van der Waals surface area contributed by atoms with Gasteiger partial charge < -0.3 is 36.0 Å². The summed E-state index contributed by atoms with van der Waals surface area (Å²) in [4.78, 5) is 49.0. The number of nitrogen functional groups attached to an aromatic ring is 1. The number of hydrogen-bond acceptors (Lipinski definition) is 6. The van der Waals surface area contributed by atoms with Gasteiger partial charge in [0.05, 0.1) is 17.9 Å². The molecule has 2 aromatic carbocycles. The predicted octanol–water partition coefficient (Wildman–Crippen LogP) is 4.98. The Labute approximate surface area is 288 Å². The fourth-order valence-electron chi connectivity index (χ4n) is 7.64. The Morgan fingerprint density at radius 1 is 0.913 bits per heavy atom. The molecule has 4 amide bonds. The fourth-order valence-corrected chi connectivity index (χ4v) is 8.92. The van der Waals surface area contributed by atoms with Gasteiger partial charge in [0, 0.05) is 53.3 Å². The van der Waals surface area contributed by atoms with Crippen LogP contribution in [0.4, 0.5) is 16.2 Å². The highest BCUT2D eigenvalue weighted by molar-refractivity contribution is 9.11. The molecule has 4 N–H and O–H groups in total. The van der Waals surface area contributed by atoms with Crippen molar-refractivity contribution < 1.29 is 14.4 Å². The van der Waals surface area contributed by atoms with E-state index in [1.165, 1.54) is 12.8 Å². The molecule has 46 heavy (non-hydrogen) atoms. The number of amides is 4. The van der Waals surface area contributed by atoms with E-state index in [0.717, 1.165) is 65.1 Å². The molecule has 12 heteroatoms. The summed E-state index contributed by atoms with van der Waals surface area (Å²) in [7, 11) is 2.19. The average molecular weight is 760 g/mol. The van der Waals surface area contributed by atoms with Crippen LogP contribution in [0.3, 0.4) is 0 Å². The molecule has 10 nitrogen and oxygen atoms in total. The summed E-state index contributed by atoms with van der Waals surface area (Å²) < 4.78 is 1.50. The fraction of sp³-hybridized carbons (Fsp3) is 0.559. The van der Waals surface area contributed by atoms with Gasteiger partial charge in [-0.2, -0.15) is 0 Å². The molecule has 4 aliphatic rings. The summed E-state index contributed by atoms with van der Waals surface area (Å²) in [5.41, 5.74) is 9.19. The van der Waals surface area contributed by atoms with E-state index in [9.17, 15) is 14.4 Å². The topological polar surface area (TPSA) is 114 Å². The second kappa shape index (κ2) is 14.5. The molecule has 0 unspecified atom stereocenters. The molecular formula is C34H45Br2N7O3. The van der Waals surface area contributed by atoms with E-state index in [0.29, 0.717) is 56.2 Å². The summed E-state index contributed by atoms with van der Waals surface area (Å²) in [6.07, 6.45) is 6.24. The molecule has 4 heterocycles. The number of benzene rings is 2. The highest BCUT2D eigenvalue weighted by Gasteiger charge is 2.36. The van der Waals surface area contributed by atoms with Crippen LogP contribution in [-0.2, 0) is 11.2 Å². The molecule has 3 saturated heterocycles. The first-order chi connectivity index (χ1) is 22.2. The van der Waals surface area contributed by atoms with Gasteiger partial charge in [-0.05, 0) is 132 Å². The number of likely N-dealkylation sites (tertiary alicyclic amines) is 3. The number of fused-ring (bicyclic) bond motifs is 1. The van der Waals surface area contributed by atoms with E-state index in [4.69, 9.17) is 5.73 Å². The third kappa shape index (κ3) is 7.33. The van der Waals surface area contributed by atoms with Gasteiger partial charge in [-0.3, -0.25) is 9.59 Å². The Kier molecular flexibility index (Phi) is 10.4. The summed E-state index contributed by atoms with van der Waals surface area (Å²) in [5, 5.41) is 6.47. The van der Waals surface area contributed by atoms with Gasteiger partial charge in [0.15, 0.2) is 0 Å². The Hall–Kier alpha value is -2.83. The third-order valence-corrected chi connectivity index (χ3v) is 11.8. The van der Waals surface area contributed by atoms with Crippen molar-refractivity contribution >= 4 is 61.1 Å². The Morgan fingerprint density at radius 3 is 2.15 bits per heavy atom. The monoisotopic (exact) mass is 757 g/mol.